The SMILES string of the molecule is Cc1noc(C)c1CNc1cccc(C(F)(F)F)c1. The van der Waals surface area contributed by atoms with E-state index >= 15 is 0 Å². The van der Waals surface area contributed by atoms with Gasteiger partial charge in [0.1, 0.15) is 5.76 Å². The molecule has 3 nitrogen and oxygen atoms in total. The Labute approximate surface area is 108 Å². The zero-order valence-corrected chi connectivity index (χ0v) is 10.5. The highest BCUT2D eigenvalue weighted by Gasteiger charge is 2.30. The Bertz CT molecular complexity index is 556. The van der Waals surface area contributed by atoms with Gasteiger partial charge in [-0.3, -0.25) is 0 Å². The summed E-state index contributed by atoms with van der Waals surface area (Å²) in [5.41, 5.74) is 1.33. The molecule has 0 saturated carbocycles. The molecule has 0 aliphatic heterocycles. The van der Waals surface area contributed by atoms with Crippen molar-refractivity contribution < 1.29 is 17.7 Å². The normalized spacial score (nSPS) is 11.6. The number of hydrogen-bond donors (Lipinski definition) is 1. The zero-order valence-electron chi connectivity index (χ0n) is 10.5. The van der Waals surface area contributed by atoms with E-state index in [2.05, 4.69) is 10.5 Å². The van der Waals surface area contributed by atoms with E-state index in [-0.39, 0.29) is 0 Å². The van der Waals surface area contributed by atoms with Crippen LogP contribution in [-0.2, 0) is 12.7 Å². The molecular formula is C13H13F3N2O. The lowest BCUT2D eigenvalue weighted by Gasteiger charge is -2.10. The highest BCUT2D eigenvalue weighted by molar-refractivity contribution is 5.47. The number of benzene rings is 1. The van der Waals surface area contributed by atoms with Gasteiger partial charge in [0.05, 0.1) is 11.3 Å². The molecule has 1 heterocycles. The Balaban J connectivity index is 2.12. The van der Waals surface area contributed by atoms with Crippen LogP contribution in [0.4, 0.5) is 18.9 Å². The summed E-state index contributed by atoms with van der Waals surface area (Å²) in [5.74, 6) is 0.664. The van der Waals surface area contributed by atoms with E-state index in [9.17, 15) is 13.2 Å². The molecule has 0 radical (unpaired) electrons. The zero-order chi connectivity index (χ0) is 14.0. The predicted molar refractivity (Wildman–Crippen MR) is 64.7 cm³/mol. The van der Waals surface area contributed by atoms with Gasteiger partial charge in [-0.25, -0.2) is 0 Å². The first kappa shape index (κ1) is 13.5. The summed E-state index contributed by atoms with van der Waals surface area (Å²) in [4.78, 5) is 0. The maximum atomic E-state index is 12.6. The number of rotatable bonds is 3. The number of nitrogens with zero attached hydrogens (tertiary/aromatic N) is 1. The summed E-state index contributed by atoms with van der Waals surface area (Å²) >= 11 is 0. The molecule has 0 saturated heterocycles. The molecule has 19 heavy (non-hydrogen) atoms. The van der Waals surface area contributed by atoms with Crippen molar-refractivity contribution in [3.05, 3.63) is 46.8 Å². The van der Waals surface area contributed by atoms with E-state index in [0.29, 0.717) is 18.0 Å². The maximum Gasteiger partial charge on any atom is 0.416 e. The Kier molecular flexibility index (Phi) is 3.50. The van der Waals surface area contributed by atoms with Gasteiger partial charge in [-0.1, -0.05) is 11.2 Å². The van der Waals surface area contributed by atoms with Gasteiger partial charge in [0.25, 0.3) is 0 Å². The van der Waals surface area contributed by atoms with Crippen molar-refractivity contribution in [2.75, 3.05) is 5.32 Å². The molecule has 1 N–H and O–H groups in total. The van der Waals surface area contributed by atoms with Crippen LogP contribution in [0.2, 0.25) is 0 Å². The monoisotopic (exact) mass is 270 g/mol. The Morgan fingerprint density at radius 1 is 1.26 bits per heavy atom. The predicted octanol–water partition coefficient (Wildman–Crippen LogP) is 3.92. The van der Waals surface area contributed by atoms with E-state index in [1.54, 1.807) is 19.9 Å². The van der Waals surface area contributed by atoms with E-state index in [1.165, 1.54) is 6.07 Å². The molecule has 2 rings (SSSR count). The summed E-state index contributed by atoms with van der Waals surface area (Å²) in [6.07, 6.45) is -4.33. The third-order valence-corrected chi connectivity index (χ3v) is 2.84. The molecule has 1 aromatic carbocycles. The van der Waals surface area contributed by atoms with Crippen LogP contribution < -0.4 is 5.32 Å². The van der Waals surface area contributed by atoms with Gasteiger partial charge >= 0.3 is 6.18 Å². The van der Waals surface area contributed by atoms with Gasteiger partial charge in [0, 0.05) is 17.8 Å². The highest BCUT2D eigenvalue weighted by Crippen LogP contribution is 2.30. The van der Waals surface area contributed by atoms with Crippen LogP contribution in [0.15, 0.2) is 28.8 Å². The molecule has 0 fully saturated rings. The smallest absolute Gasteiger partial charge is 0.381 e. The molecule has 0 unspecified atom stereocenters. The van der Waals surface area contributed by atoms with Crippen LogP contribution in [0.25, 0.3) is 0 Å². The van der Waals surface area contributed by atoms with Gasteiger partial charge in [-0.15, -0.1) is 0 Å². The molecular weight excluding hydrogens is 257 g/mol. The lowest BCUT2D eigenvalue weighted by atomic mass is 10.1. The average molecular weight is 270 g/mol. The third kappa shape index (κ3) is 3.07. The third-order valence-electron chi connectivity index (χ3n) is 2.84. The highest BCUT2D eigenvalue weighted by atomic mass is 19.4. The molecule has 1 aromatic heterocycles. The van der Waals surface area contributed by atoms with Gasteiger partial charge in [-0.05, 0) is 32.0 Å². The molecule has 2 aromatic rings. The maximum absolute atomic E-state index is 12.6. The Hall–Kier alpha value is -1.98. The second-order valence-electron chi connectivity index (χ2n) is 4.23. The van der Waals surface area contributed by atoms with E-state index in [4.69, 9.17) is 4.52 Å². The molecule has 102 valence electrons. The first-order chi connectivity index (χ1) is 8.88. The molecule has 0 aliphatic rings. The lowest BCUT2D eigenvalue weighted by Crippen LogP contribution is -2.06. The molecule has 0 amide bonds. The van der Waals surface area contributed by atoms with Crippen molar-refractivity contribution in [2.45, 2.75) is 26.6 Å². The van der Waals surface area contributed by atoms with Crippen LogP contribution in [0, 0.1) is 13.8 Å². The number of anilines is 1. The fourth-order valence-electron chi connectivity index (χ4n) is 1.75. The van der Waals surface area contributed by atoms with E-state index in [1.807, 2.05) is 0 Å². The number of nitrogens with one attached hydrogen (secondary N) is 1. The largest absolute Gasteiger partial charge is 0.416 e. The minimum absolute atomic E-state index is 0.377. The van der Waals surface area contributed by atoms with Crippen molar-refractivity contribution >= 4 is 5.69 Å². The minimum atomic E-state index is -4.33. The van der Waals surface area contributed by atoms with Crippen molar-refractivity contribution in [3.8, 4) is 0 Å². The van der Waals surface area contributed by atoms with Crippen LogP contribution in [0.1, 0.15) is 22.6 Å². The minimum Gasteiger partial charge on any atom is -0.381 e. The lowest BCUT2D eigenvalue weighted by molar-refractivity contribution is -0.137. The topological polar surface area (TPSA) is 38.1 Å². The van der Waals surface area contributed by atoms with Gasteiger partial charge < -0.3 is 9.84 Å². The van der Waals surface area contributed by atoms with E-state index in [0.717, 1.165) is 23.4 Å². The molecule has 0 bridgehead atoms. The Morgan fingerprint density at radius 3 is 2.58 bits per heavy atom. The number of alkyl halides is 3. The van der Waals surface area contributed by atoms with Crippen molar-refractivity contribution in [3.63, 3.8) is 0 Å². The first-order valence-electron chi connectivity index (χ1n) is 5.71. The van der Waals surface area contributed by atoms with Crippen LogP contribution in [0.5, 0.6) is 0 Å². The van der Waals surface area contributed by atoms with Gasteiger partial charge in [0.2, 0.25) is 0 Å². The van der Waals surface area contributed by atoms with Crippen LogP contribution in [-0.4, -0.2) is 5.16 Å². The second kappa shape index (κ2) is 4.95. The fourth-order valence-corrected chi connectivity index (χ4v) is 1.75. The van der Waals surface area contributed by atoms with Gasteiger partial charge in [-0.2, -0.15) is 13.2 Å². The van der Waals surface area contributed by atoms with Crippen molar-refractivity contribution in [1.82, 2.24) is 5.16 Å². The number of aromatic nitrogens is 1. The molecule has 6 heteroatoms. The molecule has 0 atom stereocenters. The summed E-state index contributed by atoms with van der Waals surface area (Å²) in [6.45, 7) is 3.94. The summed E-state index contributed by atoms with van der Waals surface area (Å²) < 4.78 is 42.7. The summed E-state index contributed by atoms with van der Waals surface area (Å²) in [5, 5.41) is 6.73. The number of aryl methyl sites for hydroxylation is 2. The van der Waals surface area contributed by atoms with Crippen LogP contribution >= 0.6 is 0 Å². The standard InChI is InChI=1S/C13H13F3N2O/c1-8-12(9(2)19-18-8)7-17-11-5-3-4-10(6-11)13(14,15)16/h3-6,17H,7H2,1-2H3. The molecule has 0 spiro atoms. The number of hydrogen-bond acceptors (Lipinski definition) is 3. The van der Waals surface area contributed by atoms with Crippen LogP contribution in [0.3, 0.4) is 0 Å². The first-order valence-corrected chi connectivity index (χ1v) is 5.71. The quantitative estimate of drug-likeness (QED) is 0.918. The summed E-state index contributed by atoms with van der Waals surface area (Å²) in [6, 6.07) is 5.09. The van der Waals surface area contributed by atoms with E-state index < -0.39 is 11.7 Å². The second-order valence-corrected chi connectivity index (χ2v) is 4.23. The Morgan fingerprint density at radius 2 is 2.00 bits per heavy atom. The summed E-state index contributed by atoms with van der Waals surface area (Å²) in [7, 11) is 0. The van der Waals surface area contributed by atoms with Crippen molar-refractivity contribution in [2.24, 2.45) is 0 Å². The number of halogens is 3. The van der Waals surface area contributed by atoms with Crippen molar-refractivity contribution in [1.29, 1.82) is 0 Å². The fraction of sp³-hybridized carbons (Fsp3) is 0.308. The van der Waals surface area contributed by atoms with Gasteiger partial charge in [0.15, 0.2) is 0 Å². The average Bonchev–Trinajstić information content (AvgIpc) is 2.66. The molecule has 0 aliphatic carbocycles.